The number of carboxylic acids is 1. The third kappa shape index (κ3) is 1.05. The number of nitrogens with one attached hydrogen (secondary N) is 1. The van der Waals surface area contributed by atoms with E-state index >= 15 is 0 Å². The summed E-state index contributed by atoms with van der Waals surface area (Å²) in [6, 6.07) is 0. The van der Waals surface area contributed by atoms with E-state index in [9.17, 15) is 4.79 Å². The van der Waals surface area contributed by atoms with Crippen LogP contribution in [0.3, 0.4) is 0 Å². The average molecular weight is 153 g/mol. The number of aliphatic carboxylic acids is 1. The number of carbonyl (C=O) groups is 1. The van der Waals surface area contributed by atoms with Crippen LogP contribution in [0.1, 0.15) is 6.42 Å². The van der Waals surface area contributed by atoms with Crippen molar-refractivity contribution in [3.8, 4) is 0 Å². The maximum absolute atomic E-state index is 10.5. The molecule has 1 heterocycles. The van der Waals surface area contributed by atoms with Crippen LogP contribution in [0.15, 0.2) is 11.6 Å². The van der Waals surface area contributed by atoms with Crippen molar-refractivity contribution in [1.82, 2.24) is 5.32 Å². The molecule has 1 aliphatic heterocycles. The Balaban J connectivity index is 2.13. The van der Waals surface area contributed by atoms with Gasteiger partial charge in [-0.2, -0.15) is 0 Å². The quantitative estimate of drug-likeness (QED) is 0.567. The Bertz CT molecular complexity index is 222. The van der Waals surface area contributed by atoms with Crippen LogP contribution < -0.4 is 5.32 Å². The van der Waals surface area contributed by atoms with Gasteiger partial charge < -0.3 is 10.4 Å². The molecule has 1 fully saturated rings. The standard InChI is InChI=1S/C8H11NO2/c10-8(11)5-1-6-3-9-4-7(6)2-5/h1,6-7,9H,2-4H2,(H,10,11). The molecule has 0 spiro atoms. The highest BCUT2D eigenvalue weighted by Crippen LogP contribution is 2.32. The van der Waals surface area contributed by atoms with E-state index in [4.69, 9.17) is 5.11 Å². The van der Waals surface area contributed by atoms with Crippen molar-refractivity contribution >= 4 is 5.97 Å². The number of carboxylic acid groups (broad SMARTS) is 1. The van der Waals surface area contributed by atoms with Gasteiger partial charge in [-0.25, -0.2) is 4.79 Å². The lowest BCUT2D eigenvalue weighted by molar-refractivity contribution is -0.132. The minimum Gasteiger partial charge on any atom is -0.478 e. The van der Waals surface area contributed by atoms with Gasteiger partial charge in [0.05, 0.1) is 0 Å². The fraction of sp³-hybridized carbons (Fsp3) is 0.625. The lowest BCUT2D eigenvalue weighted by atomic mass is 10.00. The third-order valence-corrected chi connectivity index (χ3v) is 2.56. The SMILES string of the molecule is O=C(O)C1=CC2CNCC2C1. The van der Waals surface area contributed by atoms with Crippen LogP contribution in [-0.4, -0.2) is 24.2 Å². The Morgan fingerprint density at radius 2 is 2.45 bits per heavy atom. The van der Waals surface area contributed by atoms with Crippen molar-refractivity contribution in [2.45, 2.75) is 6.42 Å². The first-order chi connectivity index (χ1) is 5.27. The molecule has 2 atom stereocenters. The van der Waals surface area contributed by atoms with Crippen molar-refractivity contribution in [3.05, 3.63) is 11.6 Å². The van der Waals surface area contributed by atoms with Gasteiger partial charge in [0.2, 0.25) is 0 Å². The predicted octanol–water partition coefficient (Wildman–Crippen LogP) is 0.237. The number of fused-ring (bicyclic) bond motifs is 1. The Kier molecular flexibility index (Phi) is 1.46. The number of rotatable bonds is 1. The third-order valence-electron chi connectivity index (χ3n) is 2.56. The fourth-order valence-electron chi connectivity index (χ4n) is 1.94. The molecular weight excluding hydrogens is 142 g/mol. The van der Waals surface area contributed by atoms with Crippen molar-refractivity contribution in [2.75, 3.05) is 13.1 Å². The van der Waals surface area contributed by atoms with Crippen LogP contribution in [0.2, 0.25) is 0 Å². The summed E-state index contributed by atoms with van der Waals surface area (Å²) < 4.78 is 0. The van der Waals surface area contributed by atoms with Crippen LogP contribution in [-0.2, 0) is 4.79 Å². The average Bonchev–Trinajstić information content (AvgIpc) is 2.40. The van der Waals surface area contributed by atoms with E-state index in [1.165, 1.54) is 0 Å². The maximum atomic E-state index is 10.5. The van der Waals surface area contributed by atoms with E-state index in [1.54, 1.807) is 0 Å². The highest BCUT2D eigenvalue weighted by atomic mass is 16.4. The maximum Gasteiger partial charge on any atom is 0.331 e. The first kappa shape index (κ1) is 6.85. The smallest absolute Gasteiger partial charge is 0.331 e. The van der Waals surface area contributed by atoms with E-state index in [-0.39, 0.29) is 0 Å². The molecule has 0 aromatic rings. The van der Waals surface area contributed by atoms with E-state index in [2.05, 4.69) is 5.32 Å². The summed E-state index contributed by atoms with van der Waals surface area (Å²) in [5, 5.41) is 11.9. The first-order valence-corrected chi connectivity index (χ1v) is 3.92. The zero-order chi connectivity index (χ0) is 7.84. The second-order valence-electron chi connectivity index (χ2n) is 3.28. The van der Waals surface area contributed by atoms with Crippen LogP contribution >= 0.6 is 0 Å². The normalized spacial score (nSPS) is 35.1. The lowest BCUT2D eigenvalue weighted by Gasteiger charge is -2.03. The van der Waals surface area contributed by atoms with Crippen LogP contribution in [0, 0.1) is 11.8 Å². The van der Waals surface area contributed by atoms with Gasteiger partial charge in [-0.05, 0) is 24.8 Å². The molecule has 0 saturated carbocycles. The van der Waals surface area contributed by atoms with Gasteiger partial charge in [-0.1, -0.05) is 6.08 Å². The predicted molar refractivity (Wildman–Crippen MR) is 40.2 cm³/mol. The fourth-order valence-corrected chi connectivity index (χ4v) is 1.94. The lowest BCUT2D eigenvalue weighted by Crippen LogP contribution is -2.10. The molecule has 0 aromatic carbocycles. The van der Waals surface area contributed by atoms with Crippen LogP contribution in [0.4, 0.5) is 0 Å². The summed E-state index contributed by atoms with van der Waals surface area (Å²) in [6.07, 6.45) is 2.67. The molecule has 0 radical (unpaired) electrons. The van der Waals surface area contributed by atoms with Gasteiger partial charge in [0.25, 0.3) is 0 Å². The van der Waals surface area contributed by atoms with Crippen molar-refractivity contribution in [2.24, 2.45) is 11.8 Å². The van der Waals surface area contributed by atoms with Gasteiger partial charge in [-0.3, -0.25) is 0 Å². The van der Waals surface area contributed by atoms with E-state index in [1.807, 2.05) is 6.08 Å². The van der Waals surface area contributed by atoms with Gasteiger partial charge in [0.1, 0.15) is 0 Å². The molecule has 1 saturated heterocycles. The minimum atomic E-state index is -0.737. The summed E-state index contributed by atoms with van der Waals surface area (Å²) >= 11 is 0. The largest absolute Gasteiger partial charge is 0.478 e. The molecule has 2 aliphatic rings. The monoisotopic (exact) mass is 153 g/mol. The molecule has 0 aromatic heterocycles. The van der Waals surface area contributed by atoms with E-state index in [0.29, 0.717) is 17.4 Å². The highest BCUT2D eigenvalue weighted by molar-refractivity contribution is 5.87. The summed E-state index contributed by atoms with van der Waals surface area (Å²) in [5.41, 5.74) is 0.613. The number of hydrogen-bond acceptors (Lipinski definition) is 2. The molecule has 2 N–H and O–H groups in total. The summed E-state index contributed by atoms with van der Waals surface area (Å²) in [6.45, 7) is 1.94. The first-order valence-electron chi connectivity index (χ1n) is 3.92. The van der Waals surface area contributed by atoms with Crippen molar-refractivity contribution in [3.63, 3.8) is 0 Å². The van der Waals surface area contributed by atoms with Gasteiger partial charge in [0, 0.05) is 12.1 Å². The molecule has 60 valence electrons. The highest BCUT2D eigenvalue weighted by Gasteiger charge is 2.33. The molecule has 2 rings (SSSR count). The summed E-state index contributed by atoms with van der Waals surface area (Å²) in [7, 11) is 0. The van der Waals surface area contributed by atoms with Gasteiger partial charge in [-0.15, -0.1) is 0 Å². The molecule has 3 nitrogen and oxygen atoms in total. The zero-order valence-corrected chi connectivity index (χ0v) is 6.21. The molecule has 11 heavy (non-hydrogen) atoms. The topological polar surface area (TPSA) is 49.3 Å². The Morgan fingerprint density at radius 1 is 1.64 bits per heavy atom. The molecule has 0 bridgehead atoms. The van der Waals surface area contributed by atoms with E-state index < -0.39 is 5.97 Å². The van der Waals surface area contributed by atoms with Crippen LogP contribution in [0.25, 0.3) is 0 Å². The molecule has 1 aliphatic carbocycles. The number of hydrogen-bond donors (Lipinski definition) is 2. The summed E-state index contributed by atoms with van der Waals surface area (Å²) in [5.74, 6) is 0.307. The Hall–Kier alpha value is -0.830. The molecule has 0 amide bonds. The van der Waals surface area contributed by atoms with Crippen LogP contribution in [0.5, 0.6) is 0 Å². The second kappa shape index (κ2) is 2.34. The van der Waals surface area contributed by atoms with E-state index in [0.717, 1.165) is 19.5 Å². The minimum absolute atomic E-state index is 0.487. The zero-order valence-electron chi connectivity index (χ0n) is 6.21. The van der Waals surface area contributed by atoms with Crippen molar-refractivity contribution in [1.29, 1.82) is 0 Å². The second-order valence-corrected chi connectivity index (χ2v) is 3.28. The molecule has 2 unspecified atom stereocenters. The molecular formula is C8H11NO2. The van der Waals surface area contributed by atoms with Gasteiger partial charge >= 0.3 is 5.97 Å². The summed E-state index contributed by atoms with van der Waals surface area (Å²) in [4.78, 5) is 10.5. The Morgan fingerprint density at radius 3 is 3.09 bits per heavy atom. The molecule has 3 heteroatoms. The van der Waals surface area contributed by atoms with Crippen molar-refractivity contribution < 1.29 is 9.90 Å². The van der Waals surface area contributed by atoms with Gasteiger partial charge in [0.15, 0.2) is 0 Å². The Labute approximate surface area is 65.1 Å².